The summed E-state index contributed by atoms with van der Waals surface area (Å²) in [5, 5.41) is 7.51. The average Bonchev–Trinajstić information content (AvgIpc) is 3.21. The van der Waals surface area contributed by atoms with E-state index in [1.54, 1.807) is 4.90 Å². The maximum Gasteiger partial charge on any atom is 0.227 e. The average molecular weight is 397 g/mol. The van der Waals surface area contributed by atoms with Crippen LogP contribution < -0.4 is 10.2 Å². The van der Waals surface area contributed by atoms with Gasteiger partial charge in [0.2, 0.25) is 11.8 Å². The van der Waals surface area contributed by atoms with Crippen molar-refractivity contribution in [1.82, 2.24) is 15.1 Å². The first-order chi connectivity index (χ1) is 13.7. The topological polar surface area (TPSA) is 67.2 Å². The summed E-state index contributed by atoms with van der Waals surface area (Å²) in [6.07, 6.45) is 0.267. The van der Waals surface area contributed by atoms with Crippen molar-refractivity contribution in [3.8, 4) is 0 Å². The summed E-state index contributed by atoms with van der Waals surface area (Å²) in [4.78, 5) is 26.9. The van der Waals surface area contributed by atoms with Gasteiger partial charge >= 0.3 is 0 Å². The summed E-state index contributed by atoms with van der Waals surface area (Å²) in [5.41, 5.74) is 4.21. The molecule has 2 aromatic rings. The van der Waals surface area contributed by atoms with Crippen LogP contribution in [0.25, 0.3) is 0 Å². The van der Waals surface area contributed by atoms with Gasteiger partial charge in [0.1, 0.15) is 0 Å². The van der Waals surface area contributed by atoms with Crippen molar-refractivity contribution in [3.05, 3.63) is 47.3 Å². The van der Waals surface area contributed by atoms with Gasteiger partial charge in [-0.15, -0.1) is 0 Å². The number of aromatic nitrogens is 2. The molecule has 1 aromatic carbocycles. The molecule has 1 aromatic heterocycles. The van der Waals surface area contributed by atoms with Gasteiger partial charge in [-0.1, -0.05) is 32.9 Å². The molecule has 6 heteroatoms. The van der Waals surface area contributed by atoms with Gasteiger partial charge in [0.15, 0.2) is 0 Å². The molecular formula is C23H32N4O2. The van der Waals surface area contributed by atoms with Crippen LogP contribution in [0.3, 0.4) is 0 Å². The Balaban J connectivity index is 1.55. The molecule has 1 aliphatic heterocycles. The van der Waals surface area contributed by atoms with E-state index in [-0.39, 0.29) is 30.1 Å². The number of hydrogen-bond donors (Lipinski definition) is 1. The highest BCUT2D eigenvalue weighted by molar-refractivity contribution is 6.00. The maximum absolute atomic E-state index is 12.7. The summed E-state index contributed by atoms with van der Waals surface area (Å²) in [6.45, 7) is 12.2. The predicted molar refractivity (Wildman–Crippen MR) is 115 cm³/mol. The minimum absolute atomic E-state index is 0.0155. The Morgan fingerprint density at radius 2 is 2.00 bits per heavy atom. The van der Waals surface area contributed by atoms with Crippen molar-refractivity contribution < 1.29 is 9.59 Å². The molecule has 0 saturated carbocycles. The fourth-order valence-electron chi connectivity index (χ4n) is 3.82. The number of carbonyl (C=O) groups excluding carboxylic acids is 2. The second-order valence-corrected chi connectivity index (χ2v) is 8.61. The van der Waals surface area contributed by atoms with Crippen LogP contribution in [0, 0.1) is 25.7 Å². The SMILES string of the molecule is Cc1cc(C)n(CC(C)CNC(=O)C2CC(=O)N(c3cccc(C(C)C)c3)C2)n1. The first-order valence-electron chi connectivity index (χ1n) is 10.4. The zero-order valence-electron chi connectivity index (χ0n) is 18.1. The smallest absolute Gasteiger partial charge is 0.227 e. The van der Waals surface area contributed by atoms with Crippen LogP contribution in [0.4, 0.5) is 5.69 Å². The lowest BCUT2D eigenvalue weighted by atomic mass is 10.0. The molecule has 0 bridgehead atoms. The molecular weight excluding hydrogens is 364 g/mol. The highest BCUT2D eigenvalue weighted by Crippen LogP contribution is 2.28. The Morgan fingerprint density at radius 3 is 2.66 bits per heavy atom. The molecule has 2 atom stereocenters. The standard InChI is InChI=1S/C23H32N4O2/c1-15(2)19-7-6-8-21(10-19)26-14-20(11-22(26)28)23(29)24-12-16(3)13-27-18(5)9-17(4)25-27/h6-10,15-16,20H,11-14H2,1-5H3,(H,24,29). The number of nitrogens with zero attached hydrogens (tertiary/aromatic N) is 3. The lowest BCUT2D eigenvalue weighted by molar-refractivity contribution is -0.126. The lowest BCUT2D eigenvalue weighted by Crippen LogP contribution is -2.36. The summed E-state index contributed by atoms with van der Waals surface area (Å²) >= 11 is 0. The van der Waals surface area contributed by atoms with Crippen molar-refractivity contribution in [2.45, 2.75) is 53.5 Å². The molecule has 29 heavy (non-hydrogen) atoms. The van der Waals surface area contributed by atoms with Crippen LogP contribution in [0.2, 0.25) is 0 Å². The van der Waals surface area contributed by atoms with Gasteiger partial charge in [0.05, 0.1) is 11.6 Å². The number of hydrogen-bond acceptors (Lipinski definition) is 3. The molecule has 1 N–H and O–H groups in total. The predicted octanol–water partition coefficient (Wildman–Crippen LogP) is 3.43. The number of carbonyl (C=O) groups is 2. The van der Waals surface area contributed by atoms with E-state index >= 15 is 0 Å². The highest BCUT2D eigenvalue weighted by Gasteiger charge is 2.35. The van der Waals surface area contributed by atoms with Crippen LogP contribution in [0.5, 0.6) is 0 Å². The molecule has 2 heterocycles. The quantitative estimate of drug-likeness (QED) is 0.780. The van der Waals surface area contributed by atoms with Crippen LogP contribution in [-0.2, 0) is 16.1 Å². The van der Waals surface area contributed by atoms with Crippen LogP contribution in [-0.4, -0.2) is 34.7 Å². The Kier molecular flexibility index (Phi) is 6.40. The van der Waals surface area contributed by atoms with Crippen LogP contribution in [0.1, 0.15) is 50.1 Å². The van der Waals surface area contributed by atoms with Crippen molar-refractivity contribution in [2.75, 3.05) is 18.0 Å². The molecule has 0 spiro atoms. The molecule has 1 aliphatic rings. The van der Waals surface area contributed by atoms with Crippen molar-refractivity contribution in [3.63, 3.8) is 0 Å². The number of rotatable bonds is 7. The van der Waals surface area contributed by atoms with Gasteiger partial charge in [0, 0.05) is 37.4 Å². The van der Waals surface area contributed by atoms with E-state index < -0.39 is 0 Å². The first kappa shape index (κ1) is 21.1. The summed E-state index contributed by atoms with van der Waals surface area (Å²) in [7, 11) is 0. The van der Waals surface area contributed by atoms with E-state index in [1.807, 2.05) is 30.7 Å². The Labute approximate surface area is 173 Å². The van der Waals surface area contributed by atoms with Crippen molar-refractivity contribution >= 4 is 17.5 Å². The monoisotopic (exact) mass is 396 g/mol. The normalized spacial score (nSPS) is 17.8. The molecule has 0 aliphatic carbocycles. The van der Waals surface area contributed by atoms with E-state index in [2.05, 4.69) is 49.4 Å². The van der Waals surface area contributed by atoms with Gasteiger partial charge in [-0.05, 0) is 49.4 Å². The number of anilines is 1. The highest BCUT2D eigenvalue weighted by atomic mass is 16.2. The van der Waals surface area contributed by atoms with Crippen LogP contribution in [0.15, 0.2) is 30.3 Å². The van der Waals surface area contributed by atoms with E-state index in [0.29, 0.717) is 19.0 Å². The second-order valence-electron chi connectivity index (χ2n) is 8.61. The Hall–Kier alpha value is -2.63. The lowest BCUT2D eigenvalue weighted by Gasteiger charge is -2.19. The van der Waals surface area contributed by atoms with Crippen LogP contribution >= 0.6 is 0 Å². The Morgan fingerprint density at radius 1 is 1.24 bits per heavy atom. The summed E-state index contributed by atoms with van der Waals surface area (Å²) in [6, 6.07) is 10.1. The zero-order valence-corrected chi connectivity index (χ0v) is 18.1. The minimum Gasteiger partial charge on any atom is -0.355 e. The van der Waals surface area contributed by atoms with Gasteiger partial charge in [0.25, 0.3) is 0 Å². The molecule has 2 unspecified atom stereocenters. The third-order valence-corrected chi connectivity index (χ3v) is 5.56. The number of aryl methyl sites for hydroxylation is 2. The van der Waals surface area contributed by atoms with Crippen molar-refractivity contribution in [1.29, 1.82) is 0 Å². The van der Waals surface area contributed by atoms with Gasteiger partial charge < -0.3 is 10.2 Å². The van der Waals surface area contributed by atoms with Crippen molar-refractivity contribution in [2.24, 2.45) is 11.8 Å². The van der Waals surface area contributed by atoms with Gasteiger partial charge in [-0.3, -0.25) is 14.3 Å². The summed E-state index contributed by atoms with van der Waals surface area (Å²) in [5.74, 6) is 0.331. The Bertz CT molecular complexity index is 887. The summed E-state index contributed by atoms with van der Waals surface area (Å²) < 4.78 is 1.98. The van der Waals surface area contributed by atoms with E-state index in [9.17, 15) is 9.59 Å². The van der Waals surface area contributed by atoms with E-state index in [4.69, 9.17) is 0 Å². The largest absolute Gasteiger partial charge is 0.355 e. The third-order valence-electron chi connectivity index (χ3n) is 5.56. The molecule has 3 rings (SSSR count). The first-order valence-corrected chi connectivity index (χ1v) is 10.4. The van der Waals surface area contributed by atoms with E-state index in [1.165, 1.54) is 5.56 Å². The van der Waals surface area contributed by atoms with E-state index in [0.717, 1.165) is 23.6 Å². The third kappa shape index (κ3) is 5.05. The molecule has 6 nitrogen and oxygen atoms in total. The number of amides is 2. The zero-order chi connectivity index (χ0) is 21.1. The molecule has 0 radical (unpaired) electrons. The molecule has 1 saturated heterocycles. The number of benzene rings is 1. The minimum atomic E-state index is -0.300. The number of nitrogens with one attached hydrogen (secondary N) is 1. The molecule has 1 fully saturated rings. The second kappa shape index (κ2) is 8.80. The van der Waals surface area contributed by atoms with Gasteiger partial charge in [-0.25, -0.2) is 0 Å². The van der Waals surface area contributed by atoms with Gasteiger partial charge in [-0.2, -0.15) is 5.10 Å². The fourth-order valence-corrected chi connectivity index (χ4v) is 3.82. The molecule has 156 valence electrons. The molecule has 2 amide bonds. The fraction of sp³-hybridized carbons (Fsp3) is 0.522. The maximum atomic E-state index is 12.7.